The van der Waals surface area contributed by atoms with E-state index in [0.717, 1.165) is 15.6 Å². The van der Waals surface area contributed by atoms with E-state index in [1.54, 1.807) is 11.3 Å². The molecule has 1 N–H and O–H groups in total. The topological polar surface area (TPSA) is 34.1 Å². The summed E-state index contributed by atoms with van der Waals surface area (Å²) in [4.78, 5) is 5.40. The fraction of sp³-hybridized carbons (Fsp3) is 0.400. The minimum Gasteiger partial charge on any atom is -0.488 e. The molecule has 2 rings (SSSR count). The summed E-state index contributed by atoms with van der Waals surface area (Å²) in [7, 11) is 1.96. The second-order valence-corrected chi connectivity index (χ2v) is 6.01. The van der Waals surface area contributed by atoms with Crippen LogP contribution in [0.25, 0.3) is 0 Å². The first-order chi connectivity index (χ1) is 9.10. The molecule has 4 heteroatoms. The summed E-state index contributed by atoms with van der Waals surface area (Å²) in [6, 6.07) is 6.62. The van der Waals surface area contributed by atoms with Gasteiger partial charge >= 0.3 is 0 Å². The van der Waals surface area contributed by atoms with Crippen molar-refractivity contribution in [3.63, 3.8) is 0 Å². The van der Waals surface area contributed by atoms with E-state index >= 15 is 0 Å². The van der Waals surface area contributed by atoms with Gasteiger partial charge in [-0.25, -0.2) is 4.98 Å². The SMILES string of the molecule is CNC(C)c1ccc(C)cc1OCc1cnc(C)s1. The van der Waals surface area contributed by atoms with Gasteiger partial charge in [-0.15, -0.1) is 11.3 Å². The summed E-state index contributed by atoms with van der Waals surface area (Å²) in [6.07, 6.45) is 1.89. The van der Waals surface area contributed by atoms with Crippen molar-refractivity contribution in [1.82, 2.24) is 10.3 Å². The number of ether oxygens (including phenoxy) is 1. The lowest BCUT2D eigenvalue weighted by Gasteiger charge is -2.16. The highest BCUT2D eigenvalue weighted by molar-refractivity contribution is 7.11. The molecule has 0 aliphatic rings. The fourth-order valence-electron chi connectivity index (χ4n) is 1.90. The van der Waals surface area contributed by atoms with E-state index in [9.17, 15) is 0 Å². The summed E-state index contributed by atoms with van der Waals surface area (Å²) in [5, 5.41) is 4.33. The number of hydrogen-bond acceptors (Lipinski definition) is 4. The molecule has 0 saturated heterocycles. The van der Waals surface area contributed by atoms with Crippen molar-refractivity contribution in [2.75, 3.05) is 7.05 Å². The van der Waals surface area contributed by atoms with Crippen LogP contribution >= 0.6 is 11.3 Å². The minimum absolute atomic E-state index is 0.277. The zero-order valence-electron chi connectivity index (χ0n) is 11.9. The third kappa shape index (κ3) is 3.55. The molecule has 1 aromatic carbocycles. The molecular formula is C15H20N2OS. The van der Waals surface area contributed by atoms with Gasteiger partial charge in [0.25, 0.3) is 0 Å². The maximum Gasteiger partial charge on any atom is 0.124 e. The minimum atomic E-state index is 0.277. The molecule has 0 spiro atoms. The zero-order valence-corrected chi connectivity index (χ0v) is 12.7. The van der Waals surface area contributed by atoms with E-state index in [0.29, 0.717) is 6.61 Å². The van der Waals surface area contributed by atoms with Gasteiger partial charge in [-0.2, -0.15) is 0 Å². The molecule has 0 bridgehead atoms. The highest BCUT2D eigenvalue weighted by atomic mass is 32.1. The molecule has 102 valence electrons. The van der Waals surface area contributed by atoms with Crippen molar-refractivity contribution >= 4 is 11.3 Å². The monoisotopic (exact) mass is 276 g/mol. The van der Waals surface area contributed by atoms with Crippen LogP contribution in [0.3, 0.4) is 0 Å². The van der Waals surface area contributed by atoms with Gasteiger partial charge < -0.3 is 10.1 Å². The molecule has 1 atom stereocenters. The van der Waals surface area contributed by atoms with E-state index in [-0.39, 0.29) is 6.04 Å². The maximum absolute atomic E-state index is 5.97. The molecule has 0 aliphatic carbocycles. The van der Waals surface area contributed by atoms with Crippen LogP contribution in [0, 0.1) is 13.8 Å². The zero-order chi connectivity index (χ0) is 13.8. The van der Waals surface area contributed by atoms with E-state index in [1.807, 2.05) is 20.2 Å². The number of benzene rings is 1. The van der Waals surface area contributed by atoms with Crippen LogP contribution in [0.2, 0.25) is 0 Å². The summed E-state index contributed by atoms with van der Waals surface area (Å²) in [6.45, 7) is 6.81. The molecule has 1 heterocycles. The van der Waals surface area contributed by atoms with Gasteiger partial charge in [-0.3, -0.25) is 0 Å². The molecule has 0 aliphatic heterocycles. The van der Waals surface area contributed by atoms with Crippen LogP contribution in [0.4, 0.5) is 0 Å². The van der Waals surface area contributed by atoms with Crippen LogP contribution in [-0.2, 0) is 6.61 Å². The Morgan fingerprint density at radius 1 is 1.37 bits per heavy atom. The van der Waals surface area contributed by atoms with E-state index in [1.165, 1.54) is 11.1 Å². The van der Waals surface area contributed by atoms with Gasteiger partial charge in [-0.05, 0) is 39.4 Å². The maximum atomic E-state index is 5.97. The molecule has 1 aromatic heterocycles. The molecular weight excluding hydrogens is 256 g/mol. The number of aromatic nitrogens is 1. The van der Waals surface area contributed by atoms with Crippen LogP contribution in [-0.4, -0.2) is 12.0 Å². The van der Waals surface area contributed by atoms with Gasteiger partial charge in [0.2, 0.25) is 0 Å². The Balaban J connectivity index is 2.16. The van der Waals surface area contributed by atoms with Crippen LogP contribution in [0.15, 0.2) is 24.4 Å². The Morgan fingerprint density at radius 3 is 2.79 bits per heavy atom. The summed E-state index contributed by atoms with van der Waals surface area (Å²) in [5.41, 5.74) is 2.40. The van der Waals surface area contributed by atoms with Crippen molar-refractivity contribution in [3.8, 4) is 5.75 Å². The molecule has 0 fully saturated rings. The number of nitrogens with one attached hydrogen (secondary N) is 1. The second-order valence-electron chi connectivity index (χ2n) is 4.69. The molecule has 1 unspecified atom stereocenters. The predicted octanol–water partition coefficient (Wildman–Crippen LogP) is 3.62. The lowest BCUT2D eigenvalue weighted by atomic mass is 10.1. The van der Waals surface area contributed by atoms with E-state index < -0.39 is 0 Å². The Bertz CT molecular complexity index is 551. The molecule has 2 aromatic rings. The smallest absolute Gasteiger partial charge is 0.124 e. The highest BCUT2D eigenvalue weighted by Crippen LogP contribution is 2.27. The Hall–Kier alpha value is -1.39. The van der Waals surface area contributed by atoms with E-state index in [4.69, 9.17) is 4.74 Å². The predicted molar refractivity (Wildman–Crippen MR) is 79.8 cm³/mol. The summed E-state index contributed by atoms with van der Waals surface area (Å²) < 4.78 is 5.97. The van der Waals surface area contributed by atoms with Gasteiger partial charge in [-0.1, -0.05) is 12.1 Å². The van der Waals surface area contributed by atoms with Crippen molar-refractivity contribution in [2.45, 2.75) is 33.4 Å². The fourth-order valence-corrected chi connectivity index (χ4v) is 2.61. The third-order valence-corrected chi connectivity index (χ3v) is 3.99. The molecule has 0 saturated carbocycles. The average Bonchev–Trinajstić information content (AvgIpc) is 2.81. The van der Waals surface area contributed by atoms with Crippen molar-refractivity contribution in [3.05, 3.63) is 45.4 Å². The third-order valence-electron chi connectivity index (χ3n) is 3.11. The highest BCUT2D eigenvalue weighted by Gasteiger charge is 2.11. The van der Waals surface area contributed by atoms with E-state index in [2.05, 4.69) is 42.3 Å². The normalized spacial score (nSPS) is 12.4. The largest absolute Gasteiger partial charge is 0.488 e. The second kappa shape index (κ2) is 6.17. The van der Waals surface area contributed by atoms with Crippen molar-refractivity contribution in [1.29, 1.82) is 0 Å². The van der Waals surface area contributed by atoms with Crippen LogP contribution in [0.5, 0.6) is 5.75 Å². The average molecular weight is 276 g/mol. The van der Waals surface area contributed by atoms with Crippen LogP contribution < -0.4 is 10.1 Å². The molecule has 0 radical (unpaired) electrons. The summed E-state index contributed by atoms with van der Waals surface area (Å²) in [5.74, 6) is 0.952. The molecule has 3 nitrogen and oxygen atoms in total. The number of hydrogen-bond donors (Lipinski definition) is 1. The Morgan fingerprint density at radius 2 is 2.16 bits per heavy atom. The van der Waals surface area contributed by atoms with Crippen LogP contribution in [0.1, 0.15) is 34.0 Å². The Kier molecular flexibility index (Phi) is 4.56. The van der Waals surface area contributed by atoms with Gasteiger partial charge in [0.15, 0.2) is 0 Å². The standard InChI is InChI=1S/C15H20N2OS/c1-10-5-6-14(11(2)16-4)15(7-10)18-9-13-8-17-12(3)19-13/h5-8,11,16H,9H2,1-4H3. The number of aryl methyl sites for hydroxylation is 2. The lowest BCUT2D eigenvalue weighted by Crippen LogP contribution is -2.13. The number of rotatable bonds is 5. The molecule has 19 heavy (non-hydrogen) atoms. The van der Waals surface area contributed by atoms with Crippen molar-refractivity contribution in [2.24, 2.45) is 0 Å². The van der Waals surface area contributed by atoms with Gasteiger partial charge in [0, 0.05) is 17.8 Å². The lowest BCUT2D eigenvalue weighted by molar-refractivity contribution is 0.303. The quantitative estimate of drug-likeness (QED) is 0.905. The number of thiazole rings is 1. The number of nitrogens with zero attached hydrogens (tertiary/aromatic N) is 1. The first-order valence-corrected chi connectivity index (χ1v) is 7.23. The molecule has 0 amide bonds. The van der Waals surface area contributed by atoms with Crippen molar-refractivity contribution < 1.29 is 4.74 Å². The first-order valence-electron chi connectivity index (χ1n) is 6.42. The van der Waals surface area contributed by atoms with Gasteiger partial charge in [0.1, 0.15) is 12.4 Å². The summed E-state index contributed by atoms with van der Waals surface area (Å²) >= 11 is 1.68. The first kappa shape index (κ1) is 14.0. The Labute approximate surface area is 118 Å². The van der Waals surface area contributed by atoms with Gasteiger partial charge in [0.05, 0.1) is 9.88 Å².